The smallest absolute Gasteiger partial charge is 0.0819 e. The van der Waals surface area contributed by atoms with Gasteiger partial charge in [-0.3, -0.25) is 0 Å². The molecule has 0 amide bonds. The second-order valence-electron chi connectivity index (χ2n) is 12.7. The molecular weight excluding hydrogens is 480 g/mol. The highest BCUT2D eigenvalue weighted by Crippen LogP contribution is 2.39. The minimum Gasteiger partial charge on any atom is -0.381 e. The Morgan fingerprint density at radius 3 is 1.00 bits per heavy atom. The van der Waals surface area contributed by atoms with Gasteiger partial charge >= 0.3 is 0 Å². The monoisotopic (exact) mass is 549 g/mol. The molecule has 0 aromatic heterocycles. The first-order chi connectivity index (χ1) is 19.4. The van der Waals surface area contributed by atoms with Crippen LogP contribution in [0.5, 0.6) is 0 Å². The summed E-state index contributed by atoms with van der Waals surface area (Å²) in [5.41, 5.74) is 0. The van der Waals surface area contributed by atoms with E-state index in [2.05, 4.69) is 26.0 Å². The first-order valence-corrected chi connectivity index (χ1v) is 17.9. The van der Waals surface area contributed by atoms with Crippen LogP contribution in [-0.4, -0.2) is 38.6 Å². The van der Waals surface area contributed by atoms with Gasteiger partial charge in [-0.15, -0.1) is 0 Å². The lowest BCUT2D eigenvalue weighted by atomic mass is 9.84. The molecule has 3 nitrogen and oxygen atoms in total. The highest BCUT2D eigenvalue weighted by Gasteiger charge is 2.45. The number of unbranched alkanes of at least 4 members (excludes halogenated alkanes) is 22. The lowest BCUT2D eigenvalue weighted by Gasteiger charge is -2.25. The van der Waals surface area contributed by atoms with Crippen LogP contribution in [0.3, 0.4) is 0 Å². The van der Waals surface area contributed by atoms with E-state index in [1.54, 1.807) is 0 Å². The predicted octanol–water partition coefficient (Wildman–Crippen LogP) is 11.0. The molecule has 0 spiro atoms. The summed E-state index contributed by atoms with van der Waals surface area (Å²) < 4.78 is 18.5. The van der Waals surface area contributed by atoms with Crippen LogP contribution in [0, 0.1) is 11.8 Å². The predicted molar refractivity (Wildman–Crippen MR) is 169 cm³/mol. The van der Waals surface area contributed by atoms with Crippen molar-refractivity contribution < 1.29 is 14.2 Å². The fourth-order valence-electron chi connectivity index (χ4n) is 6.43. The minimum atomic E-state index is 0.247. The molecule has 2 rings (SSSR count). The highest BCUT2D eigenvalue weighted by atomic mass is 16.5. The number of hydrogen-bond acceptors (Lipinski definition) is 3. The Bertz CT molecular complexity index is 501. The van der Waals surface area contributed by atoms with Gasteiger partial charge in [0.15, 0.2) is 0 Å². The molecule has 0 saturated carbocycles. The van der Waals surface area contributed by atoms with Gasteiger partial charge in [-0.2, -0.15) is 0 Å². The van der Waals surface area contributed by atoms with Gasteiger partial charge in [0.2, 0.25) is 0 Å². The molecule has 0 aromatic rings. The third-order valence-corrected chi connectivity index (χ3v) is 9.10. The molecule has 0 N–H and O–H groups in total. The molecule has 4 unspecified atom stereocenters. The van der Waals surface area contributed by atoms with E-state index in [4.69, 9.17) is 14.2 Å². The van der Waals surface area contributed by atoms with Gasteiger partial charge in [0, 0.05) is 25.0 Å². The first-order valence-electron chi connectivity index (χ1n) is 17.9. The Labute approximate surface area is 244 Å². The van der Waals surface area contributed by atoms with Crippen LogP contribution in [0.2, 0.25) is 0 Å². The van der Waals surface area contributed by atoms with Crippen LogP contribution >= 0.6 is 0 Å². The molecule has 3 heteroatoms. The van der Waals surface area contributed by atoms with Crippen LogP contribution in [0.15, 0.2) is 12.2 Å². The van der Waals surface area contributed by atoms with E-state index in [-0.39, 0.29) is 12.2 Å². The summed E-state index contributed by atoms with van der Waals surface area (Å²) in [7, 11) is 0. The third kappa shape index (κ3) is 17.2. The Balaban J connectivity index is 1.37. The van der Waals surface area contributed by atoms with E-state index in [1.165, 1.54) is 154 Å². The number of fused-ring (bicyclic) bond motifs is 2. The summed E-state index contributed by atoms with van der Waals surface area (Å²) in [4.78, 5) is 0. The Hall–Kier alpha value is -0.380. The molecule has 1 saturated heterocycles. The maximum Gasteiger partial charge on any atom is 0.0819 e. The Kier molecular flexibility index (Phi) is 22.6. The van der Waals surface area contributed by atoms with Crippen molar-refractivity contribution in [1.29, 1.82) is 0 Å². The molecule has 2 heterocycles. The molecule has 0 aliphatic carbocycles. The zero-order valence-corrected chi connectivity index (χ0v) is 26.5. The second-order valence-corrected chi connectivity index (χ2v) is 12.7. The highest BCUT2D eigenvalue weighted by molar-refractivity contribution is 5.14. The van der Waals surface area contributed by atoms with Crippen LogP contribution in [0.25, 0.3) is 0 Å². The van der Waals surface area contributed by atoms with E-state index < -0.39 is 0 Å². The van der Waals surface area contributed by atoms with Crippen molar-refractivity contribution in [2.75, 3.05) is 26.4 Å². The summed E-state index contributed by atoms with van der Waals surface area (Å²) in [6, 6.07) is 0. The van der Waals surface area contributed by atoms with Crippen LogP contribution in [0.4, 0.5) is 0 Å². The van der Waals surface area contributed by atoms with E-state index >= 15 is 0 Å². The summed E-state index contributed by atoms with van der Waals surface area (Å²) in [6.45, 7) is 8.06. The molecular formula is C36H68O3. The lowest BCUT2D eigenvalue weighted by molar-refractivity contribution is 0.0378. The standard InChI is InChI=1S/C36H68O3/c1-3-5-7-9-11-13-15-17-19-21-23-25-29-37-31-33-34(36-28-27-35(33)39-36)32-38-30-26-24-22-20-18-16-14-12-10-8-6-4-2/h27-28,33-36H,3-26,29-32H2,1-2H3. The van der Waals surface area contributed by atoms with Gasteiger partial charge in [-0.25, -0.2) is 0 Å². The van der Waals surface area contributed by atoms with Gasteiger partial charge < -0.3 is 14.2 Å². The minimum absolute atomic E-state index is 0.247. The van der Waals surface area contributed by atoms with E-state index in [1.807, 2.05) is 0 Å². The molecule has 0 radical (unpaired) electrons. The second kappa shape index (κ2) is 25.3. The molecule has 39 heavy (non-hydrogen) atoms. The van der Waals surface area contributed by atoms with Crippen LogP contribution in [-0.2, 0) is 14.2 Å². The average molecular weight is 549 g/mol. The number of rotatable bonds is 30. The molecule has 2 aliphatic heterocycles. The maximum atomic E-state index is 6.17. The zero-order valence-electron chi connectivity index (χ0n) is 26.5. The largest absolute Gasteiger partial charge is 0.381 e. The number of hydrogen-bond donors (Lipinski definition) is 0. The van der Waals surface area contributed by atoms with Crippen molar-refractivity contribution in [3.8, 4) is 0 Å². The van der Waals surface area contributed by atoms with E-state index in [0.717, 1.165) is 26.4 Å². The summed E-state index contributed by atoms with van der Waals surface area (Å²) in [5, 5.41) is 0. The van der Waals surface area contributed by atoms with Crippen LogP contribution in [0.1, 0.15) is 168 Å². The summed E-state index contributed by atoms with van der Waals surface area (Å²) >= 11 is 0. The first kappa shape index (κ1) is 34.8. The van der Waals surface area contributed by atoms with Gasteiger partial charge in [0.1, 0.15) is 0 Å². The van der Waals surface area contributed by atoms with Crippen molar-refractivity contribution >= 4 is 0 Å². The Morgan fingerprint density at radius 2 is 0.692 bits per heavy atom. The fraction of sp³-hybridized carbons (Fsp3) is 0.944. The number of ether oxygens (including phenoxy) is 3. The average Bonchev–Trinajstić information content (AvgIpc) is 3.55. The molecule has 2 bridgehead atoms. The van der Waals surface area contributed by atoms with Crippen molar-refractivity contribution in [3.05, 3.63) is 12.2 Å². The van der Waals surface area contributed by atoms with Gasteiger partial charge in [-0.1, -0.05) is 167 Å². The molecule has 1 fully saturated rings. The molecule has 2 aliphatic rings. The lowest BCUT2D eigenvalue weighted by Crippen LogP contribution is -2.31. The van der Waals surface area contributed by atoms with Gasteiger partial charge in [0.25, 0.3) is 0 Å². The van der Waals surface area contributed by atoms with Crippen molar-refractivity contribution in [2.24, 2.45) is 11.8 Å². The van der Waals surface area contributed by atoms with Crippen molar-refractivity contribution in [1.82, 2.24) is 0 Å². The van der Waals surface area contributed by atoms with Crippen molar-refractivity contribution in [3.63, 3.8) is 0 Å². The van der Waals surface area contributed by atoms with Crippen LogP contribution < -0.4 is 0 Å². The summed E-state index contributed by atoms with van der Waals surface area (Å²) in [6.07, 6.45) is 38.4. The topological polar surface area (TPSA) is 27.7 Å². The molecule has 4 atom stereocenters. The quantitative estimate of drug-likeness (QED) is 0.0660. The fourth-order valence-corrected chi connectivity index (χ4v) is 6.43. The summed E-state index contributed by atoms with van der Waals surface area (Å²) in [5.74, 6) is 0.943. The third-order valence-electron chi connectivity index (χ3n) is 9.10. The van der Waals surface area contributed by atoms with Crippen molar-refractivity contribution in [2.45, 2.75) is 180 Å². The van der Waals surface area contributed by atoms with Gasteiger partial charge in [0.05, 0.1) is 25.4 Å². The Morgan fingerprint density at radius 1 is 0.410 bits per heavy atom. The normalized spacial score (nSPS) is 21.9. The van der Waals surface area contributed by atoms with E-state index in [0.29, 0.717) is 11.8 Å². The zero-order chi connectivity index (χ0) is 27.6. The molecule has 230 valence electrons. The SMILES string of the molecule is CCCCCCCCCCCCCCOCC1C2C=CC(O2)C1COCCCCCCCCCCCCCC. The maximum absolute atomic E-state index is 6.17. The van der Waals surface area contributed by atoms with Gasteiger partial charge in [-0.05, 0) is 12.8 Å². The molecule has 0 aromatic carbocycles. The van der Waals surface area contributed by atoms with E-state index in [9.17, 15) is 0 Å².